The van der Waals surface area contributed by atoms with Crippen LogP contribution in [-0.2, 0) is 4.79 Å². The number of benzene rings is 1. The van der Waals surface area contributed by atoms with Crippen molar-refractivity contribution in [2.45, 2.75) is 44.4 Å². The highest BCUT2D eigenvalue weighted by Gasteiger charge is 2.28. The summed E-state index contributed by atoms with van der Waals surface area (Å²) in [5, 5.41) is 3.79. The molecule has 0 heterocycles. The van der Waals surface area contributed by atoms with Crippen molar-refractivity contribution >= 4 is 39.3 Å². The number of nitrogens with zero attached hydrogens (tertiary/aromatic N) is 1. The van der Waals surface area contributed by atoms with Crippen LogP contribution in [-0.4, -0.2) is 41.4 Å². The summed E-state index contributed by atoms with van der Waals surface area (Å²) in [6, 6.07) is 6.46. The Hall–Kier alpha value is -0.520. The zero-order valence-electron chi connectivity index (χ0n) is 13.6. The molecule has 2 atom stereocenters. The first kappa shape index (κ1) is 17.8. The number of hydrogen-bond donors (Lipinski definition) is 1. The standard InChI is InChI=1S/C17H25BrN2OS/c1-4-22-15-7-6-14(10-15)20(3)11-17(21)19-16-8-5-13(18)9-12(16)2/h5,8-9,14-15H,4,6-7,10-11H2,1-3H3,(H,19,21)/t14-,15-/m1/s1. The number of amides is 1. The molecular weight excluding hydrogens is 360 g/mol. The maximum absolute atomic E-state index is 12.3. The van der Waals surface area contributed by atoms with Gasteiger partial charge in [-0.25, -0.2) is 0 Å². The maximum atomic E-state index is 12.3. The second-order valence-electron chi connectivity index (χ2n) is 5.97. The lowest BCUT2D eigenvalue weighted by Crippen LogP contribution is -2.37. The van der Waals surface area contributed by atoms with E-state index in [0.29, 0.717) is 12.6 Å². The van der Waals surface area contributed by atoms with E-state index < -0.39 is 0 Å². The van der Waals surface area contributed by atoms with Gasteiger partial charge in [0, 0.05) is 21.5 Å². The molecule has 0 aliphatic heterocycles. The van der Waals surface area contributed by atoms with E-state index in [-0.39, 0.29) is 5.91 Å². The smallest absolute Gasteiger partial charge is 0.238 e. The Labute approximate surface area is 146 Å². The predicted molar refractivity (Wildman–Crippen MR) is 99.7 cm³/mol. The third kappa shape index (κ3) is 5.00. The van der Waals surface area contributed by atoms with Gasteiger partial charge in [0.25, 0.3) is 0 Å². The van der Waals surface area contributed by atoms with Crippen LogP contribution in [0.2, 0.25) is 0 Å². The number of hydrogen-bond acceptors (Lipinski definition) is 3. The molecule has 1 N–H and O–H groups in total. The van der Waals surface area contributed by atoms with Crippen LogP contribution in [0.5, 0.6) is 0 Å². The first-order chi connectivity index (χ1) is 10.5. The Morgan fingerprint density at radius 1 is 1.45 bits per heavy atom. The van der Waals surface area contributed by atoms with Crippen LogP contribution in [0.15, 0.2) is 22.7 Å². The largest absolute Gasteiger partial charge is 0.325 e. The Morgan fingerprint density at radius 3 is 2.91 bits per heavy atom. The van der Waals surface area contributed by atoms with E-state index >= 15 is 0 Å². The fourth-order valence-corrected chi connectivity index (χ4v) is 4.63. The van der Waals surface area contributed by atoms with E-state index in [1.165, 1.54) is 25.0 Å². The minimum atomic E-state index is 0.0690. The number of halogens is 1. The van der Waals surface area contributed by atoms with Gasteiger partial charge in [0.2, 0.25) is 5.91 Å². The van der Waals surface area contributed by atoms with Gasteiger partial charge >= 0.3 is 0 Å². The molecule has 5 heteroatoms. The highest BCUT2D eigenvalue weighted by atomic mass is 79.9. The van der Waals surface area contributed by atoms with E-state index in [1.54, 1.807) is 0 Å². The topological polar surface area (TPSA) is 32.3 Å². The van der Waals surface area contributed by atoms with Crippen molar-refractivity contribution in [2.75, 3.05) is 24.7 Å². The fourth-order valence-electron chi connectivity index (χ4n) is 3.02. The molecule has 1 aliphatic rings. The summed E-state index contributed by atoms with van der Waals surface area (Å²) in [7, 11) is 2.07. The van der Waals surface area contributed by atoms with Crippen molar-refractivity contribution in [3.8, 4) is 0 Å². The summed E-state index contributed by atoms with van der Waals surface area (Å²) < 4.78 is 1.03. The SMILES string of the molecule is CCS[C@@H]1CC[C@@H](N(C)CC(=O)Nc2ccc(Br)cc2C)C1. The molecule has 22 heavy (non-hydrogen) atoms. The Bertz CT molecular complexity index is 523. The van der Waals surface area contributed by atoms with Crippen LogP contribution in [0.25, 0.3) is 0 Å². The molecule has 0 spiro atoms. The number of likely N-dealkylation sites (N-methyl/N-ethyl adjacent to an activating group) is 1. The van der Waals surface area contributed by atoms with Crippen LogP contribution < -0.4 is 5.32 Å². The van der Waals surface area contributed by atoms with Gasteiger partial charge in [-0.1, -0.05) is 22.9 Å². The summed E-state index contributed by atoms with van der Waals surface area (Å²) in [4.78, 5) is 14.5. The quantitative estimate of drug-likeness (QED) is 0.793. The number of aryl methyl sites for hydroxylation is 1. The first-order valence-corrected chi connectivity index (χ1v) is 9.71. The lowest BCUT2D eigenvalue weighted by atomic mass is 10.2. The molecule has 0 bridgehead atoms. The van der Waals surface area contributed by atoms with Crippen molar-refractivity contribution in [3.05, 3.63) is 28.2 Å². The van der Waals surface area contributed by atoms with Gasteiger partial charge in [-0.15, -0.1) is 0 Å². The maximum Gasteiger partial charge on any atom is 0.238 e. The number of rotatable bonds is 6. The minimum absolute atomic E-state index is 0.0690. The molecule has 0 radical (unpaired) electrons. The zero-order chi connectivity index (χ0) is 16.1. The molecule has 122 valence electrons. The fraction of sp³-hybridized carbons (Fsp3) is 0.588. The summed E-state index contributed by atoms with van der Waals surface area (Å²) in [6.45, 7) is 4.69. The molecule has 2 rings (SSSR count). The second-order valence-corrected chi connectivity index (χ2v) is 8.46. The number of nitrogens with one attached hydrogen (secondary N) is 1. The van der Waals surface area contributed by atoms with Gasteiger partial charge in [-0.2, -0.15) is 11.8 Å². The van der Waals surface area contributed by atoms with Crippen LogP contribution >= 0.6 is 27.7 Å². The van der Waals surface area contributed by atoms with Gasteiger partial charge in [-0.3, -0.25) is 9.69 Å². The van der Waals surface area contributed by atoms with Crippen molar-refractivity contribution in [1.29, 1.82) is 0 Å². The van der Waals surface area contributed by atoms with Gasteiger partial charge in [0.1, 0.15) is 0 Å². The molecule has 0 unspecified atom stereocenters. The molecule has 1 aliphatic carbocycles. The molecule has 1 aromatic carbocycles. The molecule has 1 saturated carbocycles. The van der Waals surface area contributed by atoms with E-state index in [0.717, 1.165) is 21.0 Å². The molecular formula is C17H25BrN2OS. The molecule has 1 fully saturated rings. The molecule has 1 amide bonds. The van der Waals surface area contributed by atoms with Crippen molar-refractivity contribution < 1.29 is 4.79 Å². The number of anilines is 1. The van der Waals surface area contributed by atoms with E-state index in [2.05, 4.69) is 51.9 Å². The van der Waals surface area contributed by atoms with E-state index in [9.17, 15) is 4.79 Å². The van der Waals surface area contributed by atoms with Crippen molar-refractivity contribution in [2.24, 2.45) is 0 Å². The average Bonchev–Trinajstić information content (AvgIpc) is 2.91. The van der Waals surface area contributed by atoms with Crippen LogP contribution in [0, 0.1) is 6.92 Å². The lowest BCUT2D eigenvalue weighted by molar-refractivity contribution is -0.117. The zero-order valence-corrected chi connectivity index (χ0v) is 16.0. The van der Waals surface area contributed by atoms with Crippen molar-refractivity contribution in [1.82, 2.24) is 4.90 Å². The number of carbonyl (C=O) groups excluding carboxylic acids is 1. The lowest BCUT2D eigenvalue weighted by Gasteiger charge is -2.24. The van der Waals surface area contributed by atoms with E-state index in [4.69, 9.17) is 0 Å². The van der Waals surface area contributed by atoms with Gasteiger partial charge in [-0.05, 0) is 62.7 Å². The number of carbonyl (C=O) groups is 1. The van der Waals surface area contributed by atoms with Gasteiger partial charge in [0.15, 0.2) is 0 Å². The highest BCUT2D eigenvalue weighted by molar-refractivity contribution is 9.10. The summed E-state index contributed by atoms with van der Waals surface area (Å²) in [6.07, 6.45) is 3.69. The highest BCUT2D eigenvalue weighted by Crippen LogP contribution is 2.32. The second kappa shape index (κ2) is 8.37. The van der Waals surface area contributed by atoms with Crippen LogP contribution in [0.1, 0.15) is 31.7 Å². The summed E-state index contributed by atoms with van der Waals surface area (Å²) in [5.74, 6) is 1.25. The van der Waals surface area contributed by atoms with Crippen LogP contribution in [0.3, 0.4) is 0 Å². The van der Waals surface area contributed by atoms with Crippen LogP contribution in [0.4, 0.5) is 5.69 Å². The monoisotopic (exact) mass is 384 g/mol. The Morgan fingerprint density at radius 2 is 2.23 bits per heavy atom. The average molecular weight is 385 g/mol. The summed E-state index contributed by atoms with van der Waals surface area (Å²) >= 11 is 5.50. The Balaban J connectivity index is 1.84. The normalized spacial score (nSPS) is 21.3. The van der Waals surface area contributed by atoms with Gasteiger partial charge < -0.3 is 5.32 Å². The van der Waals surface area contributed by atoms with E-state index in [1.807, 2.05) is 25.1 Å². The predicted octanol–water partition coefficient (Wildman–Crippen LogP) is 4.30. The minimum Gasteiger partial charge on any atom is -0.325 e. The Kier molecular flexibility index (Phi) is 6.78. The summed E-state index contributed by atoms with van der Waals surface area (Å²) in [5.41, 5.74) is 1.97. The molecule has 0 aromatic heterocycles. The third-order valence-electron chi connectivity index (χ3n) is 4.24. The first-order valence-electron chi connectivity index (χ1n) is 7.87. The molecule has 0 saturated heterocycles. The number of thioether (sulfide) groups is 1. The molecule has 1 aromatic rings. The third-order valence-corrected chi connectivity index (χ3v) is 5.96. The van der Waals surface area contributed by atoms with Crippen molar-refractivity contribution in [3.63, 3.8) is 0 Å². The van der Waals surface area contributed by atoms with Gasteiger partial charge in [0.05, 0.1) is 6.54 Å². The molecule has 3 nitrogen and oxygen atoms in total.